The van der Waals surface area contributed by atoms with Crippen LogP contribution in [-0.4, -0.2) is 86.7 Å². The van der Waals surface area contributed by atoms with E-state index in [0.29, 0.717) is 0 Å². The first-order chi connectivity index (χ1) is 15.3. The minimum atomic E-state index is -3.86. The number of rotatable bonds is 16. The molecule has 1 unspecified atom stereocenters. The fourth-order valence-electron chi connectivity index (χ4n) is 2.93. The molecule has 0 amide bonds. The number of hydrogen-bond donors (Lipinski definition) is 3. The van der Waals surface area contributed by atoms with E-state index in [0.717, 1.165) is 13.8 Å². The number of Topliss-reactive ketones (excluding diaryl/α,β-unsaturated/α-hetero) is 7. The fraction of sp³-hybridized carbons (Fsp3) is 0.619. The van der Waals surface area contributed by atoms with Gasteiger partial charge in [0.15, 0.2) is 0 Å². The summed E-state index contributed by atoms with van der Waals surface area (Å²) in [5.74, 6) is -13.8. The largest absolute Gasteiger partial charge is 0.435 e. The van der Waals surface area contributed by atoms with Crippen molar-refractivity contribution in [2.24, 2.45) is 5.41 Å². The van der Waals surface area contributed by atoms with Crippen molar-refractivity contribution in [3.05, 3.63) is 0 Å². The zero-order valence-corrected chi connectivity index (χ0v) is 18.8. The van der Waals surface area contributed by atoms with Crippen LogP contribution in [0.3, 0.4) is 0 Å². The molecule has 0 radical (unpaired) electrons. The molecule has 12 heteroatoms. The lowest BCUT2D eigenvalue weighted by atomic mass is 9.62. The van der Waals surface area contributed by atoms with Gasteiger partial charge in [0.2, 0.25) is 28.9 Å². The van der Waals surface area contributed by atoms with Gasteiger partial charge >= 0.3 is 5.97 Å². The van der Waals surface area contributed by atoms with Crippen molar-refractivity contribution in [3.63, 3.8) is 0 Å². The Bertz CT molecular complexity index is 821. The van der Waals surface area contributed by atoms with Crippen LogP contribution in [0, 0.1) is 5.41 Å². The van der Waals surface area contributed by atoms with Gasteiger partial charge in [0.05, 0.1) is 13.2 Å². The maximum atomic E-state index is 13.2. The predicted molar refractivity (Wildman–Crippen MR) is 108 cm³/mol. The second-order valence-corrected chi connectivity index (χ2v) is 7.07. The van der Waals surface area contributed by atoms with E-state index in [1.54, 1.807) is 0 Å². The Labute approximate surface area is 189 Å². The summed E-state index contributed by atoms with van der Waals surface area (Å²) in [5, 5.41) is 30.0. The first-order valence-corrected chi connectivity index (χ1v) is 10.2. The normalized spacial score (nSPS) is 12.5. The minimum Gasteiger partial charge on any atom is -0.435 e. The molecule has 0 aliphatic rings. The van der Waals surface area contributed by atoms with Crippen LogP contribution in [0.1, 0.15) is 53.4 Å². The zero-order valence-electron chi connectivity index (χ0n) is 18.8. The quantitative estimate of drug-likeness (QED) is 0.129. The molecule has 184 valence electrons. The third kappa shape index (κ3) is 5.34. The van der Waals surface area contributed by atoms with Gasteiger partial charge in [-0.2, -0.15) is 0 Å². The van der Waals surface area contributed by atoms with Gasteiger partial charge in [-0.05, 0) is 6.42 Å². The van der Waals surface area contributed by atoms with Crippen molar-refractivity contribution in [3.8, 4) is 0 Å². The van der Waals surface area contributed by atoms with Crippen molar-refractivity contribution >= 4 is 46.5 Å². The van der Waals surface area contributed by atoms with E-state index >= 15 is 0 Å². The molecule has 0 bridgehead atoms. The summed E-state index contributed by atoms with van der Waals surface area (Å²) >= 11 is 0. The number of hydrogen-bond acceptors (Lipinski definition) is 12. The van der Waals surface area contributed by atoms with E-state index in [1.165, 1.54) is 13.8 Å². The van der Waals surface area contributed by atoms with Crippen LogP contribution in [0.2, 0.25) is 0 Å². The van der Waals surface area contributed by atoms with Crippen LogP contribution in [0.5, 0.6) is 0 Å². The molecule has 0 rings (SSSR count). The number of esters is 1. The Hall–Kier alpha value is -2.96. The van der Waals surface area contributed by atoms with Crippen LogP contribution in [0.4, 0.5) is 0 Å². The molecule has 0 aromatic rings. The molecule has 0 aliphatic heterocycles. The van der Waals surface area contributed by atoms with Crippen LogP contribution in [0.15, 0.2) is 0 Å². The lowest BCUT2D eigenvalue weighted by Crippen LogP contribution is -2.72. The van der Waals surface area contributed by atoms with E-state index in [1.807, 2.05) is 0 Å². The second kappa shape index (κ2) is 12.3. The third-order valence-electron chi connectivity index (χ3n) is 5.14. The highest BCUT2D eigenvalue weighted by Crippen LogP contribution is 2.40. The summed E-state index contributed by atoms with van der Waals surface area (Å²) in [6.45, 7) is 1.27. The Morgan fingerprint density at radius 2 is 1.09 bits per heavy atom. The average Bonchev–Trinajstić information content (AvgIpc) is 2.84. The molecule has 0 saturated heterocycles. The Kier molecular flexibility index (Phi) is 11.2. The summed E-state index contributed by atoms with van der Waals surface area (Å²) in [4.78, 5) is 101. The van der Waals surface area contributed by atoms with Crippen LogP contribution in [0.25, 0.3) is 0 Å². The molecular weight excluding hydrogens is 444 g/mol. The molecule has 0 aromatic carbocycles. The molecule has 33 heavy (non-hydrogen) atoms. The van der Waals surface area contributed by atoms with Gasteiger partial charge in [0.1, 0.15) is 11.5 Å². The number of aliphatic hydroxyl groups is 3. The molecule has 1 atom stereocenters. The lowest BCUT2D eigenvalue weighted by molar-refractivity contribution is -0.199. The van der Waals surface area contributed by atoms with Gasteiger partial charge in [-0.25, -0.2) is 4.79 Å². The van der Waals surface area contributed by atoms with Gasteiger partial charge in [-0.3, -0.25) is 33.6 Å². The van der Waals surface area contributed by atoms with Gasteiger partial charge in [0, 0.05) is 19.3 Å². The highest BCUT2D eigenvalue weighted by atomic mass is 16.6. The molecule has 0 aliphatic carbocycles. The van der Waals surface area contributed by atoms with Crippen LogP contribution < -0.4 is 0 Å². The molecule has 0 heterocycles. The van der Waals surface area contributed by atoms with Gasteiger partial charge in [-0.15, -0.1) is 0 Å². The molecule has 0 saturated carbocycles. The van der Waals surface area contributed by atoms with Crippen molar-refractivity contribution in [1.29, 1.82) is 0 Å². The number of ether oxygens (including phenoxy) is 1. The second-order valence-electron chi connectivity index (χ2n) is 7.07. The molecule has 0 fully saturated rings. The number of carbonyl (C=O) groups is 8. The predicted octanol–water partition coefficient (Wildman–Crippen LogP) is -1.78. The van der Waals surface area contributed by atoms with Gasteiger partial charge < -0.3 is 20.1 Å². The van der Waals surface area contributed by atoms with E-state index in [2.05, 4.69) is 0 Å². The maximum Gasteiger partial charge on any atom is 0.376 e. The zero-order chi connectivity index (χ0) is 26.1. The topological polar surface area (TPSA) is 206 Å². The summed E-state index contributed by atoms with van der Waals surface area (Å²) in [6.07, 6.45) is -4.16. The summed E-state index contributed by atoms with van der Waals surface area (Å²) in [7, 11) is 0. The van der Waals surface area contributed by atoms with E-state index in [4.69, 9.17) is 4.74 Å². The summed E-state index contributed by atoms with van der Waals surface area (Å²) in [6, 6.07) is 0. The van der Waals surface area contributed by atoms with Gasteiger partial charge in [0.25, 0.3) is 17.2 Å². The average molecular weight is 472 g/mol. The van der Waals surface area contributed by atoms with Gasteiger partial charge in [-0.1, -0.05) is 27.7 Å². The minimum absolute atomic E-state index is 0.345. The SMILES string of the molecule is CCC(=O)C(=O)OC(C(=O)C(=O)CC)(C(=O)C(=O)CC)C(CO)(CO)C(=O)C(=O)C(O)CC. The molecule has 0 spiro atoms. The van der Waals surface area contributed by atoms with Crippen molar-refractivity contribution in [2.75, 3.05) is 13.2 Å². The monoisotopic (exact) mass is 472 g/mol. The van der Waals surface area contributed by atoms with Crippen molar-refractivity contribution in [1.82, 2.24) is 0 Å². The fourth-order valence-corrected chi connectivity index (χ4v) is 2.93. The number of ketones is 7. The summed E-state index contributed by atoms with van der Waals surface area (Å²) in [5.41, 5.74) is -7.26. The van der Waals surface area contributed by atoms with Crippen LogP contribution >= 0.6 is 0 Å². The first-order valence-electron chi connectivity index (χ1n) is 10.2. The first kappa shape index (κ1) is 30.0. The van der Waals surface area contributed by atoms with E-state index in [9.17, 15) is 53.7 Å². The molecular formula is C21H28O12. The maximum absolute atomic E-state index is 13.2. The lowest BCUT2D eigenvalue weighted by Gasteiger charge is -2.42. The van der Waals surface area contributed by atoms with E-state index < -0.39 is 96.0 Å². The Morgan fingerprint density at radius 3 is 1.39 bits per heavy atom. The van der Waals surface area contributed by atoms with Crippen molar-refractivity contribution in [2.45, 2.75) is 65.1 Å². The Balaban J connectivity index is 7.64. The Morgan fingerprint density at radius 1 is 0.697 bits per heavy atom. The van der Waals surface area contributed by atoms with Crippen LogP contribution in [-0.2, 0) is 43.1 Å². The smallest absolute Gasteiger partial charge is 0.376 e. The standard InChI is InChI=1S/C21H28O12/c1-5-11(24)15(28)18(31)20(9-22,10-23)21(16(29)12(25)6-2,17(30)13(26)7-3)33-19(32)14(27)8-4/h11,22-24H,5-10H2,1-4H3. The molecule has 0 aromatic heterocycles. The molecule has 3 N–H and O–H groups in total. The van der Waals surface area contributed by atoms with E-state index in [-0.39, 0.29) is 6.42 Å². The summed E-state index contributed by atoms with van der Waals surface area (Å²) < 4.78 is 4.79. The highest BCUT2D eigenvalue weighted by Gasteiger charge is 2.71. The number of carbonyl (C=O) groups excluding carboxylic acids is 8. The third-order valence-corrected chi connectivity index (χ3v) is 5.14. The highest BCUT2D eigenvalue weighted by molar-refractivity contribution is 6.57. The van der Waals surface area contributed by atoms with Crippen molar-refractivity contribution < 1.29 is 58.4 Å². The number of aliphatic hydroxyl groups excluding tert-OH is 3. The molecule has 12 nitrogen and oxygen atoms in total.